The Kier molecular flexibility index (Phi) is 4.68. The van der Waals surface area contributed by atoms with Gasteiger partial charge in [0.05, 0.1) is 12.7 Å². The van der Waals surface area contributed by atoms with Gasteiger partial charge in [-0.15, -0.1) is 0 Å². The molecule has 0 saturated carbocycles. The highest BCUT2D eigenvalue weighted by molar-refractivity contribution is 5.92. The number of ether oxygens (including phenoxy) is 1. The number of carboxylic acids is 1. The predicted molar refractivity (Wildman–Crippen MR) is 57.6 cm³/mol. The maximum absolute atomic E-state index is 10.8. The molecule has 1 aromatic rings. The van der Waals surface area contributed by atoms with Crippen LogP contribution in [0.5, 0.6) is 0 Å². The number of nitrogens with zero attached hydrogens (tertiary/aromatic N) is 1. The first-order valence-electron chi connectivity index (χ1n) is 4.75. The van der Waals surface area contributed by atoms with E-state index in [1.165, 1.54) is 19.4 Å². The fourth-order valence-corrected chi connectivity index (χ4v) is 1.15. The molecule has 0 fully saturated rings. The third-order valence-electron chi connectivity index (χ3n) is 2.07. The quantitative estimate of drug-likeness (QED) is 0.641. The molecule has 3 N–H and O–H groups in total. The first kappa shape index (κ1) is 12.4. The number of methoxy groups -OCH3 is 1. The molecule has 0 aliphatic heterocycles. The number of pyridine rings is 1. The highest BCUT2D eigenvalue weighted by Gasteiger charge is 2.12. The van der Waals surface area contributed by atoms with Gasteiger partial charge in [0.25, 0.3) is 0 Å². The number of hydrogen-bond acceptors (Lipinski definition) is 5. The van der Waals surface area contributed by atoms with Gasteiger partial charge in [0, 0.05) is 19.9 Å². The van der Waals surface area contributed by atoms with E-state index in [1.54, 1.807) is 6.07 Å². The summed E-state index contributed by atoms with van der Waals surface area (Å²) in [6.45, 7) is 0.156. The Morgan fingerprint density at radius 2 is 2.44 bits per heavy atom. The Balaban J connectivity index is 2.69. The summed E-state index contributed by atoms with van der Waals surface area (Å²) in [6.07, 6.45) is 1.11. The van der Waals surface area contributed by atoms with Gasteiger partial charge in [-0.25, -0.2) is 9.78 Å². The zero-order valence-corrected chi connectivity index (χ0v) is 8.88. The van der Waals surface area contributed by atoms with Crippen molar-refractivity contribution in [1.82, 2.24) is 4.98 Å². The van der Waals surface area contributed by atoms with Crippen molar-refractivity contribution in [2.45, 2.75) is 6.10 Å². The minimum Gasteiger partial charge on any atom is -0.478 e. The minimum atomic E-state index is -1.05. The number of rotatable bonds is 6. The summed E-state index contributed by atoms with van der Waals surface area (Å²) in [4.78, 5) is 14.8. The number of carboxylic acid groups (broad SMARTS) is 1. The van der Waals surface area contributed by atoms with Gasteiger partial charge in [-0.05, 0) is 12.1 Å². The summed E-state index contributed by atoms with van der Waals surface area (Å²) >= 11 is 0. The summed E-state index contributed by atoms with van der Waals surface area (Å²) in [5, 5.41) is 20.6. The molecule has 0 aliphatic rings. The summed E-state index contributed by atoms with van der Waals surface area (Å²) in [6, 6.07) is 3.01. The second kappa shape index (κ2) is 6.04. The van der Waals surface area contributed by atoms with Crippen LogP contribution in [0.4, 0.5) is 5.82 Å². The number of aromatic nitrogens is 1. The lowest BCUT2D eigenvalue weighted by molar-refractivity contribution is 0.0580. The van der Waals surface area contributed by atoms with Gasteiger partial charge in [0.15, 0.2) is 0 Å². The van der Waals surface area contributed by atoms with E-state index < -0.39 is 5.97 Å². The molecule has 88 valence electrons. The van der Waals surface area contributed by atoms with E-state index >= 15 is 0 Å². The zero-order chi connectivity index (χ0) is 12.0. The van der Waals surface area contributed by atoms with Crippen LogP contribution in [0.25, 0.3) is 0 Å². The van der Waals surface area contributed by atoms with Crippen molar-refractivity contribution in [2.24, 2.45) is 0 Å². The van der Waals surface area contributed by atoms with Gasteiger partial charge in [-0.1, -0.05) is 0 Å². The first-order valence-corrected chi connectivity index (χ1v) is 4.75. The van der Waals surface area contributed by atoms with Crippen LogP contribution in [0.15, 0.2) is 18.3 Å². The van der Waals surface area contributed by atoms with E-state index in [2.05, 4.69) is 10.3 Å². The minimum absolute atomic E-state index is 0.0929. The van der Waals surface area contributed by atoms with Gasteiger partial charge in [-0.3, -0.25) is 0 Å². The van der Waals surface area contributed by atoms with Crippen molar-refractivity contribution in [3.63, 3.8) is 0 Å². The molecule has 0 bridgehead atoms. The first-order chi connectivity index (χ1) is 7.69. The van der Waals surface area contributed by atoms with Gasteiger partial charge in [0.2, 0.25) is 0 Å². The van der Waals surface area contributed by atoms with Gasteiger partial charge in [0.1, 0.15) is 11.4 Å². The summed E-state index contributed by atoms with van der Waals surface area (Å²) in [5.41, 5.74) is 0.0929. The molecule has 16 heavy (non-hydrogen) atoms. The molecule has 1 unspecified atom stereocenters. The van der Waals surface area contributed by atoms with Gasteiger partial charge >= 0.3 is 5.97 Å². The number of aromatic carboxylic acids is 1. The van der Waals surface area contributed by atoms with Crippen molar-refractivity contribution >= 4 is 11.8 Å². The smallest absolute Gasteiger partial charge is 0.339 e. The SMILES string of the molecule is COC(CO)CNc1ncccc1C(=O)O. The molecule has 6 nitrogen and oxygen atoms in total. The van der Waals surface area contributed by atoms with Crippen molar-refractivity contribution in [1.29, 1.82) is 0 Å². The third-order valence-corrected chi connectivity index (χ3v) is 2.07. The average Bonchev–Trinajstić information content (AvgIpc) is 2.30. The Morgan fingerprint density at radius 3 is 3.00 bits per heavy atom. The summed E-state index contributed by atoms with van der Waals surface area (Å²) in [7, 11) is 1.47. The highest BCUT2D eigenvalue weighted by atomic mass is 16.5. The molecular weight excluding hydrogens is 212 g/mol. The van der Waals surface area contributed by atoms with Crippen LogP contribution in [-0.2, 0) is 4.74 Å². The van der Waals surface area contributed by atoms with E-state index in [4.69, 9.17) is 14.9 Å². The van der Waals surface area contributed by atoms with Crippen molar-refractivity contribution < 1.29 is 19.7 Å². The van der Waals surface area contributed by atoms with Crippen LogP contribution in [0.3, 0.4) is 0 Å². The lowest BCUT2D eigenvalue weighted by atomic mass is 10.2. The maximum Gasteiger partial charge on any atom is 0.339 e. The average molecular weight is 226 g/mol. The molecule has 1 aromatic heterocycles. The number of aliphatic hydroxyl groups excluding tert-OH is 1. The third kappa shape index (κ3) is 3.18. The van der Waals surface area contributed by atoms with Crippen LogP contribution < -0.4 is 5.32 Å². The molecule has 1 atom stereocenters. The molecule has 0 saturated heterocycles. The molecule has 1 rings (SSSR count). The summed E-state index contributed by atoms with van der Waals surface area (Å²) in [5.74, 6) is -0.779. The van der Waals surface area contributed by atoms with Crippen LogP contribution in [0.1, 0.15) is 10.4 Å². The fraction of sp³-hybridized carbons (Fsp3) is 0.400. The lowest BCUT2D eigenvalue weighted by Gasteiger charge is -2.14. The molecule has 0 amide bonds. The Hall–Kier alpha value is -1.66. The van der Waals surface area contributed by atoms with E-state index in [0.717, 1.165) is 0 Å². The van der Waals surface area contributed by atoms with Crippen molar-refractivity contribution in [3.05, 3.63) is 23.9 Å². The second-order valence-electron chi connectivity index (χ2n) is 3.13. The van der Waals surface area contributed by atoms with Crippen LogP contribution in [0, 0.1) is 0 Å². The molecule has 1 heterocycles. The Morgan fingerprint density at radius 1 is 1.69 bits per heavy atom. The Labute approximate surface area is 92.9 Å². The Bertz CT molecular complexity index is 352. The normalized spacial score (nSPS) is 12.1. The number of aliphatic hydroxyl groups is 1. The highest BCUT2D eigenvalue weighted by Crippen LogP contribution is 2.11. The lowest BCUT2D eigenvalue weighted by Crippen LogP contribution is -2.26. The topological polar surface area (TPSA) is 91.7 Å². The molecule has 0 aromatic carbocycles. The number of nitrogens with one attached hydrogen (secondary N) is 1. The van der Waals surface area contributed by atoms with E-state index in [9.17, 15) is 4.79 Å². The summed E-state index contributed by atoms with van der Waals surface area (Å²) < 4.78 is 4.93. The van der Waals surface area contributed by atoms with Crippen molar-refractivity contribution in [2.75, 3.05) is 25.6 Å². The zero-order valence-electron chi connectivity index (χ0n) is 8.88. The van der Waals surface area contributed by atoms with Gasteiger partial charge in [-0.2, -0.15) is 0 Å². The van der Waals surface area contributed by atoms with Gasteiger partial charge < -0.3 is 20.3 Å². The molecule has 0 aliphatic carbocycles. The molecule has 0 radical (unpaired) electrons. The maximum atomic E-state index is 10.8. The van der Waals surface area contributed by atoms with E-state index in [-0.39, 0.29) is 24.1 Å². The monoisotopic (exact) mass is 226 g/mol. The van der Waals surface area contributed by atoms with Crippen LogP contribution >= 0.6 is 0 Å². The fourth-order valence-electron chi connectivity index (χ4n) is 1.15. The molecule has 0 spiro atoms. The number of anilines is 1. The van der Waals surface area contributed by atoms with Crippen LogP contribution in [-0.4, -0.2) is 47.5 Å². The predicted octanol–water partition coefficient (Wildman–Crippen LogP) is 0.199. The second-order valence-corrected chi connectivity index (χ2v) is 3.13. The van der Waals surface area contributed by atoms with E-state index in [0.29, 0.717) is 6.54 Å². The number of carbonyl (C=O) groups is 1. The van der Waals surface area contributed by atoms with Crippen molar-refractivity contribution in [3.8, 4) is 0 Å². The van der Waals surface area contributed by atoms with E-state index in [1.807, 2.05) is 0 Å². The van der Waals surface area contributed by atoms with Crippen LogP contribution in [0.2, 0.25) is 0 Å². The largest absolute Gasteiger partial charge is 0.478 e. The molecule has 6 heteroatoms. The molecular formula is C10H14N2O4. The standard InChI is InChI=1S/C10H14N2O4/c1-16-7(6-13)5-12-9-8(10(14)15)3-2-4-11-9/h2-4,7,13H,5-6H2,1H3,(H,11,12)(H,14,15). The number of hydrogen-bond donors (Lipinski definition) is 3.